The van der Waals surface area contributed by atoms with Gasteiger partial charge in [-0.05, 0) is 41.8 Å². The lowest BCUT2D eigenvalue weighted by molar-refractivity contribution is -0.118. The van der Waals surface area contributed by atoms with Crippen LogP contribution in [0.15, 0.2) is 66.5 Å². The Kier molecular flexibility index (Phi) is 4.65. The van der Waals surface area contributed by atoms with Crippen molar-refractivity contribution >= 4 is 28.4 Å². The zero-order chi connectivity index (χ0) is 17.9. The van der Waals surface area contributed by atoms with E-state index in [0.29, 0.717) is 23.7 Å². The van der Waals surface area contributed by atoms with Gasteiger partial charge in [-0.15, -0.1) is 0 Å². The number of H-pyrrole nitrogens is 1. The van der Waals surface area contributed by atoms with E-state index in [4.69, 9.17) is 16.4 Å². The normalized spacial score (nSPS) is 16.3. The third-order valence-corrected chi connectivity index (χ3v) is 4.63. The molecule has 1 aliphatic rings. The second-order valence-corrected chi connectivity index (χ2v) is 6.58. The van der Waals surface area contributed by atoms with Gasteiger partial charge in [0.25, 0.3) is 5.91 Å². The van der Waals surface area contributed by atoms with Crippen molar-refractivity contribution in [2.24, 2.45) is 0 Å². The predicted octanol–water partition coefficient (Wildman–Crippen LogP) is 3.64. The van der Waals surface area contributed by atoms with Gasteiger partial charge in [0.1, 0.15) is 11.8 Å². The summed E-state index contributed by atoms with van der Waals surface area (Å²) in [7, 11) is 0. The third kappa shape index (κ3) is 3.45. The topological polar surface area (TPSA) is 66.2 Å². The predicted molar refractivity (Wildman–Crippen MR) is 102 cm³/mol. The first kappa shape index (κ1) is 16.7. The Morgan fingerprint density at radius 2 is 2.04 bits per heavy atom. The van der Waals surface area contributed by atoms with Gasteiger partial charge >= 0.3 is 0 Å². The summed E-state index contributed by atoms with van der Waals surface area (Å²) < 4.78 is 0. The van der Waals surface area contributed by atoms with Gasteiger partial charge in [-0.25, -0.2) is 0 Å². The molecule has 1 amide bonds. The molecule has 3 N–H and O–H groups in total. The van der Waals surface area contributed by atoms with Gasteiger partial charge in [-0.1, -0.05) is 41.9 Å². The molecule has 2 aromatic carbocycles. The molecule has 132 valence electrons. The summed E-state index contributed by atoms with van der Waals surface area (Å²) in [6.07, 6.45) is 4.19. The van der Waals surface area contributed by atoms with Crippen molar-refractivity contribution in [3.63, 3.8) is 0 Å². The summed E-state index contributed by atoms with van der Waals surface area (Å²) in [6.45, 7) is 0.521. The molecule has 0 radical (unpaired) electrons. The molecular formula is C20H18ClN3O2. The Bertz CT molecular complexity index is 966. The van der Waals surface area contributed by atoms with Crippen molar-refractivity contribution in [2.75, 3.05) is 6.54 Å². The van der Waals surface area contributed by atoms with E-state index >= 15 is 0 Å². The van der Waals surface area contributed by atoms with Crippen LogP contribution < -0.4 is 10.8 Å². The number of rotatable bonds is 5. The number of hydrogen-bond acceptors (Lipinski definition) is 3. The smallest absolute Gasteiger partial charge is 0.269 e. The molecule has 0 saturated carbocycles. The van der Waals surface area contributed by atoms with Crippen LogP contribution in [-0.2, 0) is 16.1 Å². The molecule has 0 fully saturated rings. The maximum atomic E-state index is 12.3. The second kappa shape index (κ2) is 7.23. The van der Waals surface area contributed by atoms with Gasteiger partial charge in [0.15, 0.2) is 0 Å². The van der Waals surface area contributed by atoms with Crippen LogP contribution in [-0.4, -0.2) is 17.4 Å². The van der Waals surface area contributed by atoms with E-state index in [1.54, 1.807) is 6.08 Å². The highest BCUT2D eigenvalue weighted by Gasteiger charge is 2.22. The van der Waals surface area contributed by atoms with E-state index in [9.17, 15) is 4.79 Å². The summed E-state index contributed by atoms with van der Waals surface area (Å²) in [4.78, 5) is 21.0. The van der Waals surface area contributed by atoms with E-state index in [0.717, 1.165) is 22.0 Å². The molecule has 0 saturated heterocycles. The van der Waals surface area contributed by atoms with E-state index in [2.05, 4.69) is 15.8 Å². The first-order chi connectivity index (χ1) is 12.7. The number of fused-ring (bicyclic) bond motifs is 1. The number of nitrogens with one attached hydrogen (secondary N) is 3. The van der Waals surface area contributed by atoms with Crippen molar-refractivity contribution in [1.29, 1.82) is 0 Å². The highest BCUT2D eigenvalue weighted by atomic mass is 35.5. The lowest BCUT2D eigenvalue weighted by Gasteiger charge is -2.07. The van der Waals surface area contributed by atoms with Crippen molar-refractivity contribution in [3.8, 4) is 0 Å². The Morgan fingerprint density at radius 1 is 1.19 bits per heavy atom. The zero-order valence-corrected chi connectivity index (χ0v) is 14.7. The van der Waals surface area contributed by atoms with Gasteiger partial charge in [-0.3, -0.25) is 15.1 Å². The number of carbonyl (C=O) groups is 1. The molecule has 3 aromatic rings. The Morgan fingerprint density at radius 3 is 2.88 bits per heavy atom. The lowest BCUT2D eigenvalue weighted by atomic mass is 10.1. The van der Waals surface area contributed by atoms with Crippen LogP contribution in [0, 0.1) is 0 Å². The number of aromatic amines is 1. The monoisotopic (exact) mass is 367 g/mol. The maximum Gasteiger partial charge on any atom is 0.269 e. The minimum Gasteiger partial charge on any atom is -0.361 e. The quantitative estimate of drug-likeness (QED) is 0.645. The number of carbonyl (C=O) groups excluding carboxylic acids is 1. The van der Waals surface area contributed by atoms with Gasteiger partial charge in [0, 0.05) is 28.7 Å². The summed E-state index contributed by atoms with van der Waals surface area (Å²) in [5.74, 6) is -0.179. The van der Waals surface area contributed by atoms with Crippen LogP contribution in [0.2, 0.25) is 5.02 Å². The molecule has 5 nitrogen and oxygen atoms in total. The van der Waals surface area contributed by atoms with Crippen LogP contribution in [0.5, 0.6) is 0 Å². The van der Waals surface area contributed by atoms with Crippen LogP contribution in [0.1, 0.15) is 17.2 Å². The standard InChI is InChI=1S/C20H18ClN3O2/c21-15-6-7-17-16(10-15)14(12-23-17)8-9-22-20(25)18-11-19(26-24-18)13-4-2-1-3-5-13/h1-7,10-12,19,23-24H,8-9H2,(H,22,25). The molecule has 1 aromatic heterocycles. The molecule has 0 spiro atoms. The number of aromatic nitrogens is 1. The van der Waals surface area contributed by atoms with Crippen LogP contribution in [0.4, 0.5) is 0 Å². The summed E-state index contributed by atoms with van der Waals surface area (Å²) in [5.41, 5.74) is 6.30. The highest BCUT2D eigenvalue weighted by molar-refractivity contribution is 6.31. The van der Waals surface area contributed by atoms with Crippen molar-refractivity contribution < 1.29 is 9.63 Å². The highest BCUT2D eigenvalue weighted by Crippen LogP contribution is 2.24. The van der Waals surface area contributed by atoms with Crippen molar-refractivity contribution in [1.82, 2.24) is 15.8 Å². The molecule has 4 rings (SSSR count). The zero-order valence-electron chi connectivity index (χ0n) is 14.0. The number of hydroxylamine groups is 1. The molecule has 1 unspecified atom stereocenters. The molecule has 2 heterocycles. The number of amides is 1. The number of benzene rings is 2. The van der Waals surface area contributed by atoms with Gasteiger partial charge < -0.3 is 10.3 Å². The van der Waals surface area contributed by atoms with E-state index in [-0.39, 0.29) is 12.0 Å². The third-order valence-electron chi connectivity index (χ3n) is 4.40. The van der Waals surface area contributed by atoms with Gasteiger partial charge in [-0.2, -0.15) is 0 Å². The minimum absolute atomic E-state index is 0.179. The van der Waals surface area contributed by atoms with Gasteiger partial charge in [0.2, 0.25) is 0 Å². The maximum absolute atomic E-state index is 12.3. The average molecular weight is 368 g/mol. The fourth-order valence-electron chi connectivity index (χ4n) is 3.04. The Labute approximate surface area is 156 Å². The van der Waals surface area contributed by atoms with Crippen molar-refractivity contribution in [2.45, 2.75) is 12.5 Å². The van der Waals surface area contributed by atoms with E-state index in [1.165, 1.54) is 0 Å². The fourth-order valence-corrected chi connectivity index (χ4v) is 3.21. The summed E-state index contributed by atoms with van der Waals surface area (Å²) >= 11 is 6.07. The average Bonchev–Trinajstić information content (AvgIpc) is 3.30. The Balaban J connectivity index is 1.36. The fraction of sp³-hybridized carbons (Fsp3) is 0.150. The lowest BCUT2D eigenvalue weighted by Crippen LogP contribution is -2.30. The van der Waals surface area contributed by atoms with Gasteiger partial charge in [0.05, 0.1) is 0 Å². The summed E-state index contributed by atoms with van der Waals surface area (Å²) in [5, 5.41) is 4.70. The van der Waals surface area contributed by atoms with E-state index in [1.807, 2.05) is 54.7 Å². The molecule has 6 heteroatoms. The number of halogens is 1. The number of hydrogen-bond donors (Lipinski definition) is 3. The molecule has 0 aliphatic carbocycles. The molecule has 1 atom stereocenters. The molecular weight excluding hydrogens is 350 g/mol. The minimum atomic E-state index is -0.257. The largest absolute Gasteiger partial charge is 0.361 e. The molecule has 1 aliphatic heterocycles. The van der Waals surface area contributed by atoms with Crippen LogP contribution >= 0.6 is 11.6 Å². The molecule has 26 heavy (non-hydrogen) atoms. The Hall–Kier alpha value is -2.76. The molecule has 0 bridgehead atoms. The summed E-state index contributed by atoms with van der Waals surface area (Å²) in [6, 6.07) is 15.5. The van der Waals surface area contributed by atoms with E-state index < -0.39 is 0 Å². The second-order valence-electron chi connectivity index (χ2n) is 6.14. The van der Waals surface area contributed by atoms with Crippen LogP contribution in [0.3, 0.4) is 0 Å². The van der Waals surface area contributed by atoms with Crippen LogP contribution in [0.25, 0.3) is 10.9 Å². The SMILES string of the molecule is O=C(NCCc1c[nH]c2ccc(Cl)cc12)C1=CC(c2ccccc2)ON1. The first-order valence-corrected chi connectivity index (χ1v) is 8.80. The first-order valence-electron chi connectivity index (χ1n) is 8.43. The van der Waals surface area contributed by atoms with Crippen molar-refractivity contribution in [3.05, 3.63) is 82.7 Å².